The van der Waals surface area contributed by atoms with E-state index in [0.29, 0.717) is 17.9 Å². The summed E-state index contributed by atoms with van der Waals surface area (Å²) in [5, 5.41) is 5.84. The number of aromatic nitrogens is 1. The van der Waals surface area contributed by atoms with Crippen LogP contribution in [-0.4, -0.2) is 37.2 Å². The molecule has 2 rings (SSSR count). The molecule has 18 heavy (non-hydrogen) atoms. The van der Waals surface area contributed by atoms with Crippen molar-refractivity contribution in [2.75, 3.05) is 26.0 Å². The molecule has 1 amide bonds. The van der Waals surface area contributed by atoms with Gasteiger partial charge in [-0.25, -0.2) is 4.98 Å². The maximum absolute atomic E-state index is 12.0. The van der Waals surface area contributed by atoms with Crippen LogP contribution in [0.4, 0.5) is 5.82 Å². The van der Waals surface area contributed by atoms with Gasteiger partial charge < -0.3 is 15.4 Å². The molecular weight excluding hydrogens is 230 g/mol. The Morgan fingerprint density at radius 1 is 1.56 bits per heavy atom. The number of carbonyl (C=O) groups excluding carboxylic acids is 1. The van der Waals surface area contributed by atoms with Crippen molar-refractivity contribution in [2.45, 2.75) is 24.9 Å². The van der Waals surface area contributed by atoms with Crippen LogP contribution in [0.3, 0.4) is 0 Å². The van der Waals surface area contributed by atoms with Crippen molar-refractivity contribution in [1.29, 1.82) is 0 Å². The molecule has 98 valence electrons. The summed E-state index contributed by atoms with van der Waals surface area (Å²) >= 11 is 0. The molecule has 0 bridgehead atoms. The fraction of sp³-hybridized carbons (Fsp3) is 0.538. The van der Waals surface area contributed by atoms with E-state index in [1.54, 1.807) is 32.5 Å². The molecule has 5 heteroatoms. The lowest BCUT2D eigenvalue weighted by atomic mass is 9.80. The van der Waals surface area contributed by atoms with Crippen LogP contribution in [0.1, 0.15) is 29.6 Å². The van der Waals surface area contributed by atoms with E-state index in [1.165, 1.54) is 6.42 Å². The summed E-state index contributed by atoms with van der Waals surface area (Å²) in [5.41, 5.74) is 0.467. The zero-order valence-corrected chi connectivity index (χ0v) is 10.8. The highest BCUT2D eigenvalue weighted by Gasteiger charge is 2.37. The lowest BCUT2D eigenvalue weighted by Gasteiger charge is -2.40. The third-order valence-electron chi connectivity index (χ3n) is 3.55. The monoisotopic (exact) mass is 249 g/mol. The molecule has 0 radical (unpaired) electrons. The van der Waals surface area contributed by atoms with E-state index in [-0.39, 0.29) is 11.5 Å². The first-order valence-corrected chi connectivity index (χ1v) is 6.16. The average Bonchev–Trinajstić information content (AvgIpc) is 2.38. The van der Waals surface area contributed by atoms with E-state index in [1.807, 2.05) is 0 Å². The standard InChI is InChI=1S/C13H19N3O2/c1-14-11-8-10(4-7-15-11)12(17)16-9-13(18-2)5-3-6-13/h4,7-8H,3,5-6,9H2,1-2H3,(H,14,15)(H,16,17). The molecule has 0 atom stereocenters. The molecule has 1 aromatic rings. The number of anilines is 1. The second-order valence-corrected chi connectivity index (χ2v) is 4.60. The average molecular weight is 249 g/mol. The molecular formula is C13H19N3O2. The van der Waals surface area contributed by atoms with Gasteiger partial charge in [-0.05, 0) is 31.4 Å². The highest BCUT2D eigenvalue weighted by molar-refractivity contribution is 5.94. The van der Waals surface area contributed by atoms with Gasteiger partial charge in [-0.2, -0.15) is 0 Å². The van der Waals surface area contributed by atoms with Crippen LogP contribution in [0.2, 0.25) is 0 Å². The summed E-state index contributed by atoms with van der Waals surface area (Å²) in [6, 6.07) is 3.44. The van der Waals surface area contributed by atoms with Gasteiger partial charge in [-0.15, -0.1) is 0 Å². The van der Waals surface area contributed by atoms with Gasteiger partial charge in [-0.3, -0.25) is 4.79 Å². The van der Waals surface area contributed by atoms with Crippen LogP contribution in [0.5, 0.6) is 0 Å². The lowest BCUT2D eigenvalue weighted by molar-refractivity contribution is -0.0679. The van der Waals surface area contributed by atoms with Crippen LogP contribution < -0.4 is 10.6 Å². The van der Waals surface area contributed by atoms with Crippen molar-refractivity contribution in [3.8, 4) is 0 Å². The minimum absolute atomic E-state index is 0.0859. The zero-order valence-electron chi connectivity index (χ0n) is 10.8. The second kappa shape index (κ2) is 5.35. The topological polar surface area (TPSA) is 63.2 Å². The molecule has 1 saturated carbocycles. The number of hydrogen-bond acceptors (Lipinski definition) is 4. The van der Waals surface area contributed by atoms with Crippen LogP contribution >= 0.6 is 0 Å². The molecule has 1 aliphatic carbocycles. The van der Waals surface area contributed by atoms with Gasteiger partial charge in [0.25, 0.3) is 5.91 Å². The molecule has 0 aliphatic heterocycles. The minimum Gasteiger partial charge on any atom is -0.376 e. The van der Waals surface area contributed by atoms with Crippen molar-refractivity contribution < 1.29 is 9.53 Å². The molecule has 1 heterocycles. The number of nitrogens with one attached hydrogen (secondary N) is 2. The van der Waals surface area contributed by atoms with Gasteiger partial charge in [0.2, 0.25) is 0 Å². The van der Waals surface area contributed by atoms with Crippen molar-refractivity contribution in [1.82, 2.24) is 10.3 Å². The Balaban J connectivity index is 1.95. The molecule has 1 aliphatic rings. The Bertz CT molecular complexity index is 424. The van der Waals surface area contributed by atoms with Gasteiger partial charge in [0, 0.05) is 32.5 Å². The molecule has 2 N–H and O–H groups in total. The summed E-state index contributed by atoms with van der Waals surface area (Å²) in [6.45, 7) is 0.569. The van der Waals surface area contributed by atoms with E-state index in [2.05, 4.69) is 15.6 Å². The van der Waals surface area contributed by atoms with Gasteiger partial charge in [0.1, 0.15) is 5.82 Å². The van der Waals surface area contributed by atoms with Crippen molar-refractivity contribution in [2.24, 2.45) is 0 Å². The first-order chi connectivity index (χ1) is 8.69. The molecule has 1 aromatic heterocycles. The van der Waals surface area contributed by atoms with E-state index in [4.69, 9.17) is 4.74 Å². The number of amides is 1. The van der Waals surface area contributed by atoms with Gasteiger partial charge in [0.15, 0.2) is 0 Å². The number of pyridine rings is 1. The molecule has 1 fully saturated rings. The molecule has 0 saturated heterocycles. The van der Waals surface area contributed by atoms with Gasteiger partial charge in [0.05, 0.1) is 5.60 Å². The predicted octanol–water partition coefficient (Wildman–Crippen LogP) is 1.42. The Kier molecular flexibility index (Phi) is 3.81. The van der Waals surface area contributed by atoms with Crippen LogP contribution in [-0.2, 0) is 4.74 Å². The Morgan fingerprint density at radius 3 is 2.89 bits per heavy atom. The number of carbonyl (C=O) groups is 1. The SMILES string of the molecule is CNc1cc(C(=O)NCC2(OC)CCC2)ccn1. The van der Waals surface area contributed by atoms with Gasteiger partial charge >= 0.3 is 0 Å². The maximum atomic E-state index is 12.0. The molecule has 0 spiro atoms. The van der Waals surface area contributed by atoms with Gasteiger partial charge in [-0.1, -0.05) is 0 Å². The van der Waals surface area contributed by atoms with Crippen LogP contribution in [0, 0.1) is 0 Å². The normalized spacial score (nSPS) is 16.8. The summed E-state index contributed by atoms with van der Waals surface area (Å²) in [4.78, 5) is 16.1. The number of nitrogens with zero attached hydrogens (tertiary/aromatic N) is 1. The Morgan fingerprint density at radius 2 is 2.33 bits per heavy atom. The van der Waals surface area contributed by atoms with Crippen molar-refractivity contribution >= 4 is 11.7 Å². The zero-order chi connectivity index (χ0) is 13.0. The van der Waals surface area contributed by atoms with E-state index in [9.17, 15) is 4.79 Å². The van der Waals surface area contributed by atoms with E-state index < -0.39 is 0 Å². The smallest absolute Gasteiger partial charge is 0.251 e. The first-order valence-electron chi connectivity index (χ1n) is 6.16. The third-order valence-corrected chi connectivity index (χ3v) is 3.55. The van der Waals surface area contributed by atoms with E-state index in [0.717, 1.165) is 12.8 Å². The summed E-state index contributed by atoms with van der Waals surface area (Å²) < 4.78 is 5.47. The number of ether oxygens (including phenoxy) is 1. The largest absolute Gasteiger partial charge is 0.376 e. The Hall–Kier alpha value is -1.62. The highest BCUT2D eigenvalue weighted by atomic mass is 16.5. The number of methoxy groups -OCH3 is 1. The number of hydrogen-bond donors (Lipinski definition) is 2. The van der Waals surface area contributed by atoms with Crippen LogP contribution in [0.15, 0.2) is 18.3 Å². The van der Waals surface area contributed by atoms with Crippen LogP contribution in [0.25, 0.3) is 0 Å². The summed E-state index contributed by atoms with van der Waals surface area (Å²) in [6.07, 6.45) is 4.82. The predicted molar refractivity (Wildman–Crippen MR) is 69.7 cm³/mol. The second-order valence-electron chi connectivity index (χ2n) is 4.60. The summed E-state index contributed by atoms with van der Waals surface area (Å²) in [7, 11) is 3.48. The highest BCUT2D eigenvalue weighted by Crippen LogP contribution is 2.34. The maximum Gasteiger partial charge on any atom is 0.251 e. The Labute approximate surface area is 107 Å². The first kappa shape index (κ1) is 12.8. The van der Waals surface area contributed by atoms with Crippen molar-refractivity contribution in [3.05, 3.63) is 23.9 Å². The fourth-order valence-electron chi connectivity index (χ4n) is 2.08. The lowest BCUT2D eigenvalue weighted by Crippen LogP contribution is -2.49. The summed E-state index contributed by atoms with van der Waals surface area (Å²) in [5.74, 6) is 0.602. The quantitative estimate of drug-likeness (QED) is 0.828. The molecule has 0 unspecified atom stereocenters. The fourth-order valence-corrected chi connectivity index (χ4v) is 2.08. The van der Waals surface area contributed by atoms with Crippen molar-refractivity contribution in [3.63, 3.8) is 0 Å². The van der Waals surface area contributed by atoms with E-state index >= 15 is 0 Å². The molecule has 5 nitrogen and oxygen atoms in total. The third kappa shape index (κ3) is 2.61. The minimum atomic E-state index is -0.144. The molecule has 0 aromatic carbocycles. The number of rotatable bonds is 5.